The van der Waals surface area contributed by atoms with Crippen molar-refractivity contribution in [3.63, 3.8) is 0 Å². The minimum Gasteiger partial charge on any atom is -0.324 e. The molecule has 0 radical (unpaired) electrons. The molecule has 0 bridgehead atoms. The van der Waals surface area contributed by atoms with Gasteiger partial charge in [0.15, 0.2) is 0 Å². The quantitative estimate of drug-likeness (QED) is 0.661. The third kappa shape index (κ3) is 4.05. The van der Waals surface area contributed by atoms with Gasteiger partial charge in [-0.25, -0.2) is 8.42 Å². The zero-order chi connectivity index (χ0) is 17.2. The fourth-order valence-electron chi connectivity index (χ4n) is 2.67. The van der Waals surface area contributed by atoms with Gasteiger partial charge in [0.25, 0.3) is 5.69 Å². The van der Waals surface area contributed by atoms with E-state index in [9.17, 15) is 23.3 Å². The zero-order valence-corrected chi connectivity index (χ0v) is 13.8. The Morgan fingerprint density at radius 1 is 1.39 bits per heavy atom. The van der Waals surface area contributed by atoms with Gasteiger partial charge in [0.05, 0.1) is 11.2 Å². The van der Waals surface area contributed by atoms with Crippen molar-refractivity contribution in [2.75, 3.05) is 18.1 Å². The van der Waals surface area contributed by atoms with Crippen LogP contribution >= 0.6 is 0 Å². The monoisotopic (exact) mass is 341 g/mol. The second-order valence-corrected chi connectivity index (χ2v) is 7.57. The van der Waals surface area contributed by atoms with Crippen LogP contribution in [0.1, 0.15) is 24.8 Å². The van der Waals surface area contributed by atoms with Crippen LogP contribution < -0.4 is 5.32 Å². The number of carbonyl (C=O) groups is 1. The number of nitrogens with one attached hydrogen (secondary N) is 1. The van der Waals surface area contributed by atoms with E-state index >= 15 is 0 Å². The van der Waals surface area contributed by atoms with Gasteiger partial charge in [-0.3, -0.25) is 14.9 Å². The molecule has 1 aliphatic rings. The third-order valence-electron chi connectivity index (χ3n) is 3.86. The second kappa shape index (κ2) is 6.63. The SMILES string of the molecule is Cc1ccc(NC(=O)C2CCCCN2S(C)(=O)=O)cc1[N+](=O)[O-]. The normalized spacial score (nSPS) is 19.3. The third-order valence-corrected chi connectivity index (χ3v) is 5.14. The molecule has 1 saturated heterocycles. The largest absolute Gasteiger partial charge is 0.324 e. The zero-order valence-electron chi connectivity index (χ0n) is 13.0. The second-order valence-electron chi connectivity index (χ2n) is 5.63. The number of nitro benzene ring substituents is 1. The Bertz CT molecular complexity index is 732. The van der Waals surface area contributed by atoms with Crippen LogP contribution in [0.2, 0.25) is 0 Å². The molecule has 0 saturated carbocycles. The molecule has 1 amide bonds. The molecule has 1 aromatic carbocycles. The van der Waals surface area contributed by atoms with Crippen LogP contribution in [0, 0.1) is 17.0 Å². The van der Waals surface area contributed by atoms with Gasteiger partial charge in [-0.2, -0.15) is 4.31 Å². The number of amides is 1. The minimum absolute atomic E-state index is 0.0913. The number of carbonyl (C=O) groups excluding carboxylic acids is 1. The maximum atomic E-state index is 12.4. The number of anilines is 1. The van der Waals surface area contributed by atoms with Gasteiger partial charge in [0.1, 0.15) is 6.04 Å². The Labute approximate surface area is 134 Å². The molecule has 1 aliphatic heterocycles. The van der Waals surface area contributed by atoms with E-state index in [1.54, 1.807) is 19.1 Å². The van der Waals surface area contributed by atoms with Crippen molar-refractivity contribution in [2.45, 2.75) is 32.2 Å². The summed E-state index contributed by atoms with van der Waals surface area (Å²) in [7, 11) is -3.48. The van der Waals surface area contributed by atoms with E-state index in [0.717, 1.165) is 12.7 Å². The van der Waals surface area contributed by atoms with Crippen molar-refractivity contribution in [3.05, 3.63) is 33.9 Å². The summed E-state index contributed by atoms with van der Waals surface area (Å²) in [6.45, 7) is 1.92. The van der Waals surface area contributed by atoms with Crippen molar-refractivity contribution < 1.29 is 18.1 Å². The fraction of sp³-hybridized carbons (Fsp3) is 0.500. The van der Waals surface area contributed by atoms with E-state index in [1.807, 2.05) is 0 Å². The smallest absolute Gasteiger partial charge is 0.274 e. The molecule has 0 aliphatic carbocycles. The van der Waals surface area contributed by atoms with Gasteiger partial charge in [-0.1, -0.05) is 12.5 Å². The van der Waals surface area contributed by atoms with E-state index in [0.29, 0.717) is 24.9 Å². The van der Waals surface area contributed by atoms with Crippen LogP contribution in [-0.2, 0) is 14.8 Å². The molecule has 23 heavy (non-hydrogen) atoms. The molecule has 126 valence electrons. The summed E-state index contributed by atoms with van der Waals surface area (Å²) in [6, 6.07) is 3.61. The Morgan fingerprint density at radius 3 is 2.70 bits per heavy atom. The van der Waals surface area contributed by atoms with Crippen LogP contribution in [0.4, 0.5) is 11.4 Å². The van der Waals surface area contributed by atoms with Gasteiger partial charge in [0.2, 0.25) is 15.9 Å². The number of rotatable bonds is 4. The molecule has 0 spiro atoms. The molecular formula is C14H19N3O5S. The standard InChI is InChI=1S/C14H19N3O5S/c1-10-6-7-11(9-13(10)17(19)20)15-14(18)12-5-3-4-8-16(12)23(2,21)22/h6-7,9,12H,3-5,8H2,1-2H3,(H,15,18). The lowest BCUT2D eigenvalue weighted by Gasteiger charge is -2.32. The van der Waals surface area contributed by atoms with Gasteiger partial charge >= 0.3 is 0 Å². The van der Waals surface area contributed by atoms with E-state index in [4.69, 9.17) is 0 Å². The molecule has 1 aromatic rings. The summed E-state index contributed by atoms with van der Waals surface area (Å²) in [5.41, 5.74) is 0.682. The van der Waals surface area contributed by atoms with E-state index in [-0.39, 0.29) is 11.4 Å². The number of nitrogens with zero attached hydrogens (tertiary/aromatic N) is 2. The Kier molecular flexibility index (Phi) is 5.00. The summed E-state index contributed by atoms with van der Waals surface area (Å²) in [5.74, 6) is -0.465. The predicted molar refractivity (Wildman–Crippen MR) is 85.7 cm³/mol. The van der Waals surface area contributed by atoms with Crippen LogP contribution in [-0.4, -0.2) is 42.4 Å². The number of sulfonamides is 1. The van der Waals surface area contributed by atoms with Crippen LogP contribution in [0.25, 0.3) is 0 Å². The highest BCUT2D eigenvalue weighted by molar-refractivity contribution is 7.88. The molecule has 1 heterocycles. The van der Waals surface area contributed by atoms with Crippen molar-refractivity contribution in [2.24, 2.45) is 0 Å². The lowest BCUT2D eigenvalue weighted by Crippen LogP contribution is -2.49. The molecule has 1 unspecified atom stereocenters. The first kappa shape index (κ1) is 17.4. The molecule has 0 aromatic heterocycles. The Hall–Kier alpha value is -2.00. The summed E-state index contributed by atoms with van der Waals surface area (Å²) in [4.78, 5) is 22.8. The minimum atomic E-state index is -3.48. The highest BCUT2D eigenvalue weighted by Gasteiger charge is 2.34. The number of hydrogen-bond donors (Lipinski definition) is 1. The highest BCUT2D eigenvalue weighted by atomic mass is 32.2. The first-order valence-electron chi connectivity index (χ1n) is 7.23. The number of nitro groups is 1. The van der Waals surface area contributed by atoms with Crippen molar-refractivity contribution >= 4 is 27.3 Å². The molecule has 1 N–H and O–H groups in total. The molecule has 2 rings (SSSR count). The first-order chi connectivity index (χ1) is 10.7. The number of benzene rings is 1. The summed E-state index contributed by atoms with van der Waals surface area (Å²) in [5, 5.41) is 13.5. The average Bonchev–Trinajstić information content (AvgIpc) is 2.48. The first-order valence-corrected chi connectivity index (χ1v) is 9.07. The van der Waals surface area contributed by atoms with Crippen LogP contribution in [0.3, 0.4) is 0 Å². The van der Waals surface area contributed by atoms with Crippen molar-refractivity contribution in [3.8, 4) is 0 Å². The molecular weight excluding hydrogens is 322 g/mol. The summed E-state index contributed by atoms with van der Waals surface area (Å²) in [6.07, 6.45) is 2.99. The van der Waals surface area contributed by atoms with Gasteiger partial charge in [-0.15, -0.1) is 0 Å². The highest BCUT2D eigenvalue weighted by Crippen LogP contribution is 2.24. The van der Waals surface area contributed by atoms with Crippen molar-refractivity contribution in [1.82, 2.24) is 4.31 Å². The van der Waals surface area contributed by atoms with Gasteiger partial charge in [-0.05, 0) is 25.8 Å². The maximum absolute atomic E-state index is 12.4. The predicted octanol–water partition coefficient (Wildman–Crippen LogP) is 1.66. The Morgan fingerprint density at radius 2 is 2.09 bits per heavy atom. The fourth-order valence-corrected chi connectivity index (χ4v) is 3.80. The molecule has 1 atom stereocenters. The van der Waals surface area contributed by atoms with E-state index in [1.165, 1.54) is 10.4 Å². The Balaban J connectivity index is 2.21. The lowest BCUT2D eigenvalue weighted by molar-refractivity contribution is -0.385. The van der Waals surface area contributed by atoms with Gasteiger partial charge < -0.3 is 5.32 Å². The lowest BCUT2D eigenvalue weighted by atomic mass is 10.0. The number of hydrogen-bond acceptors (Lipinski definition) is 5. The average molecular weight is 341 g/mol. The number of aryl methyl sites for hydroxylation is 1. The van der Waals surface area contributed by atoms with Gasteiger partial charge in [0, 0.05) is 23.9 Å². The van der Waals surface area contributed by atoms with Crippen LogP contribution in [0.15, 0.2) is 18.2 Å². The van der Waals surface area contributed by atoms with E-state index < -0.39 is 26.9 Å². The number of piperidine rings is 1. The van der Waals surface area contributed by atoms with E-state index in [2.05, 4.69) is 5.32 Å². The summed E-state index contributed by atoms with van der Waals surface area (Å²) >= 11 is 0. The topological polar surface area (TPSA) is 110 Å². The molecule has 9 heteroatoms. The maximum Gasteiger partial charge on any atom is 0.274 e. The molecule has 8 nitrogen and oxygen atoms in total. The van der Waals surface area contributed by atoms with Crippen molar-refractivity contribution in [1.29, 1.82) is 0 Å². The summed E-state index contributed by atoms with van der Waals surface area (Å²) < 4.78 is 24.8. The molecule has 1 fully saturated rings. The van der Waals surface area contributed by atoms with Crippen LogP contribution in [0.5, 0.6) is 0 Å².